The van der Waals surface area contributed by atoms with Crippen molar-refractivity contribution < 1.29 is 22.4 Å². The second-order valence-corrected chi connectivity index (χ2v) is 10.9. The highest BCUT2D eigenvalue weighted by molar-refractivity contribution is 7.92. The van der Waals surface area contributed by atoms with E-state index in [0.717, 1.165) is 17.0 Å². The molecular formula is C24H30Cl2FN3O4S. The van der Waals surface area contributed by atoms with Crippen molar-refractivity contribution in [1.82, 2.24) is 10.2 Å². The number of anilines is 1. The molecule has 2 amide bonds. The van der Waals surface area contributed by atoms with Gasteiger partial charge in [-0.15, -0.1) is 0 Å². The molecule has 0 aromatic heterocycles. The van der Waals surface area contributed by atoms with Crippen molar-refractivity contribution in [2.75, 3.05) is 23.7 Å². The number of amides is 2. The van der Waals surface area contributed by atoms with Crippen LogP contribution in [0.5, 0.6) is 0 Å². The van der Waals surface area contributed by atoms with Crippen molar-refractivity contribution in [2.24, 2.45) is 0 Å². The van der Waals surface area contributed by atoms with E-state index in [9.17, 15) is 22.4 Å². The molecule has 0 aliphatic heterocycles. The molecule has 0 bridgehead atoms. The molecule has 1 N–H and O–H groups in total. The molecule has 2 aromatic carbocycles. The highest BCUT2D eigenvalue weighted by Gasteiger charge is 2.26. The molecule has 7 nitrogen and oxygen atoms in total. The summed E-state index contributed by atoms with van der Waals surface area (Å²) in [5, 5.41) is 3.51. The molecule has 2 rings (SSSR count). The van der Waals surface area contributed by atoms with Crippen molar-refractivity contribution in [3.63, 3.8) is 0 Å². The van der Waals surface area contributed by atoms with Crippen LogP contribution in [0.2, 0.25) is 10.0 Å². The number of carbonyl (C=O) groups is 2. The molecule has 0 aliphatic rings. The first-order valence-electron chi connectivity index (χ1n) is 11.2. The molecule has 2 aromatic rings. The lowest BCUT2D eigenvalue weighted by Gasteiger charge is -2.29. The van der Waals surface area contributed by atoms with Gasteiger partial charge in [-0.3, -0.25) is 13.9 Å². The van der Waals surface area contributed by atoms with Crippen molar-refractivity contribution in [2.45, 2.75) is 45.7 Å². The smallest absolute Gasteiger partial charge is 0.242 e. The summed E-state index contributed by atoms with van der Waals surface area (Å²) in [7, 11) is -3.65. The Morgan fingerprint density at radius 2 is 1.74 bits per heavy atom. The number of hydrogen-bond acceptors (Lipinski definition) is 4. The van der Waals surface area contributed by atoms with Crippen LogP contribution in [0.4, 0.5) is 10.1 Å². The van der Waals surface area contributed by atoms with Gasteiger partial charge in [0.1, 0.15) is 11.9 Å². The molecule has 1 atom stereocenters. The lowest BCUT2D eigenvalue weighted by Crippen LogP contribution is -2.47. The van der Waals surface area contributed by atoms with Crippen LogP contribution in [0.15, 0.2) is 42.5 Å². The SMILES string of the molecule is CCCNC(=O)C(C)N(Cc1ccc(Cl)c(Cl)c1)C(=O)CCCN(c1ccc(F)cc1)S(C)(=O)=O. The van der Waals surface area contributed by atoms with E-state index in [4.69, 9.17) is 23.2 Å². The minimum atomic E-state index is -3.65. The summed E-state index contributed by atoms with van der Waals surface area (Å²) in [6.45, 7) is 4.20. The van der Waals surface area contributed by atoms with Crippen molar-refractivity contribution >= 4 is 50.7 Å². The van der Waals surface area contributed by atoms with E-state index >= 15 is 0 Å². The third kappa shape index (κ3) is 8.66. The fourth-order valence-electron chi connectivity index (χ4n) is 3.42. The molecule has 0 fully saturated rings. The maximum absolute atomic E-state index is 13.3. The number of rotatable bonds is 12. The van der Waals surface area contributed by atoms with Gasteiger partial charge in [0.05, 0.1) is 22.0 Å². The van der Waals surface area contributed by atoms with E-state index in [2.05, 4.69) is 5.32 Å². The Balaban J connectivity index is 2.17. The Morgan fingerprint density at radius 3 is 2.31 bits per heavy atom. The zero-order valence-corrected chi connectivity index (χ0v) is 22.3. The molecule has 0 saturated carbocycles. The molecule has 0 saturated heterocycles. The van der Waals surface area contributed by atoms with Gasteiger partial charge in [-0.05, 0) is 61.7 Å². The van der Waals surface area contributed by atoms with Gasteiger partial charge >= 0.3 is 0 Å². The largest absolute Gasteiger partial charge is 0.354 e. The fourth-order valence-corrected chi connectivity index (χ4v) is 4.71. The highest BCUT2D eigenvalue weighted by Crippen LogP contribution is 2.24. The predicted octanol–water partition coefficient (Wildman–Crippen LogP) is 4.62. The van der Waals surface area contributed by atoms with Gasteiger partial charge in [0.25, 0.3) is 0 Å². The summed E-state index contributed by atoms with van der Waals surface area (Å²) in [4.78, 5) is 27.3. The van der Waals surface area contributed by atoms with Gasteiger partial charge in [0.2, 0.25) is 21.8 Å². The zero-order chi connectivity index (χ0) is 26.2. The monoisotopic (exact) mass is 545 g/mol. The standard InChI is InChI=1S/C24H30Cl2FN3O4S/c1-4-13-28-24(32)17(2)29(16-18-7-12-21(25)22(26)15-18)23(31)6-5-14-30(35(3,33)34)20-10-8-19(27)9-11-20/h7-12,15,17H,4-6,13-14,16H2,1-3H3,(H,28,32). The van der Waals surface area contributed by atoms with Gasteiger partial charge < -0.3 is 10.2 Å². The van der Waals surface area contributed by atoms with Crippen molar-refractivity contribution in [3.8, 4) is 0 Å². The van der Waals surface area contributed by atoms with Gasteiger partial charge in [0.15, 0.2) is 0 Å². The average molecular weight is 546 g/mol. The van der Waals surface area contributed by atoms with Gasteiger partial charge in [-0.1, -0.05) is 36.2 Å². The fraction of sp³-hybridized carbons (Fsp3) is 0.417. The maximum atomic E-state index is 13.3. The van der Waals surface area contributed by atoms with E-state index in [1.165, 1.54) is 29.2 Å². The Hall–Kier alpha value is -2.36. The summed E-state index contributed by atoms with van der Waals surface area (Å²) in [5.41, 5.74) is 1.01. The molecule has 0 aliphatic carbocycles. The molecule has 192 valence electrons. The van der Waals surface area contributed by atoms with Crippen LogP contribution in [0.1, 0.15) is 38.7 Å². The number of nitrogens with zero attached hydrogens (tertiary/aromatic N) is 2. The summed E-state index contributed by atoms with van der Waals surface area (Å²) in [6.07, 6.45) is 2.00. The van der Waals surface area contributed by atoms with Gasteiger partial charge in [0, 0.05) is 26.1 Å². The number of benzene rings is 2. The summed E-state index contributed by atoms with van der Waals surface area (Å²) in [6, 6.07) is 9.32. The average Bonchev–Trinajstić information content (AvgIpc) is 2.80. The lowest BCUT2D eigenvalue weighted by atomic mass is 10.1. The summed E-state index contributed by atoms with van der Waals surface area (Å²) < 4.78 is 39.0. The zero-order valence-electron chi connectivity index (χ0n) is 19.9. The topological polar surface area (TPSA) is 86.8 Å². The number of sulfonamides is 1. The van der Waals surface area contributed by atoms with E-state index in [1.54, 1.807) is 25.1 Å². The number of halogens is 3. The second kappa shape index (κ2) is 13.1. The van der Waals surface area contributed by atoms with Crippen molar-refractivity contribution in [1.29, 1.82) is 0 Å². The van der Waals surface area contributed by atoms with Crippen molar-refractivity contribution in [3.05, 3.63) is 63.9 Å². The lowest BCUT2D eigenvalue weighted by molar-refractivity contribution is -0.140. The summed E-state index contributed by atoms with van der Waals surface area (Å²) in [5.74, 6) is -1.09. The van der Waals surface area contributed by atoms with Gasteiger partial charge in [-0.25, -0.2) is 12.8 Å². The van der Waals surface area contributed by atoms with E-state index < -0.39 is 21.9 Å². The third-order valence-corrected chi connectivity index (χ3v) is 7.25. The van der Waals surface area contributed by atoms with Crippen LogP contribution in [-0.2, 0) is 26.2 Å². The Labute approximate surface area is 216 Å². The first kappa shape index (κ1) is 28.9. The number of nitrogens with one attached hydrogen (secondary N) is 1. The molecule has 35 heavy (non-hydrogen) atoms. The number of hydrogen-bond donors (Lipinski definition) is 1. The van der Waals surface area contributed by atoms with Gasteiger partial charge in [-0.2, -0.15) is 0 Å². The van der Waals surface area contributed by atoms with E-state index in [1.807, 2.05) is 6.92 Å². The molecule has 1 unspecified atom stereocenters. The van der Waals surface area contributed by atoms with Crippen LogP contribution in [0.25, 0.3) is 0 Å². The molecule has 0 heterocycles. The molecular weight excluding hydrogens is 516 g/mol. The van der Waals surface area contributed by atoms with E-state index in [-0.39, 0.29) is 37.7 Å². The predicted molar refractivity (Wildman–Crippen MR) is 138 cm³/mol. The molecule has 11 heteroatoms. The van der Waals surface area contributed by atoms with Crippen LogP contribution in [0.3, 0.4) is 0 Å². The second-order valence-electron chi connectivity index (χ2n) is 8.15. The Kier molecular flexibility index (Phi) is 10.8. The van der Waals surface area contributed by atoms with Crippen LogP contribution in [0, 0.1) is 5.82 Å². The Bertz CT molecular complexity index is 1130. The minimum Gasteiger partial charge on any atom is -0.354 e. The molecule has 0 spiro atoms. The first-order valence-corrected chi connectivity index (χ1v) is 13.8. The minimum absolute atomic E-state index is 0.0000651. The maximum Gasteiger partial charge on any atom is 0.242 e. The summed E-state index contributed by atoms with van der Waals surface area (Å²) >= 11 is 12.1. The third-order valence-electron chi connectivity index (χ3n) is 5.32. The Morgan fingerprint density at radius 1 is 1.09 bits per heavy atom. The molecule has 0 radical (unpaired) electrons. The number of carbonyl (C=O) groups excluding carboxylic acids is 2. The van der Waals surface area contributed by atoms with E-state index in [0.29, 0.717) is 27.8 Å². The van der Waals surface area contributed by atoms with Crippen LogP contribution < -0.4 is 9.62 Å². The highest BCUT2D eigenvalue weighted by atomic mass is 35.5. The van der Waals surface area contributed by atoms with Crippen LogP contribution >= 0.6 is 23.2 Å². The van der Waals surface area contributed by atoms with Crippen LogP contribution in [-0.4, -0.2) is 50.5 Å². The quantitative estimate of drug-likeness (QED) is 0.421. The normalized spacial score (nSPS) is 12.2. The first-order chi connectivity index (χ1) is 16.4.